The fraction of sp³-hybridized carbons (Fsp3) is 0.462. The van der Waals surface area contributed by atoms with Gasteiger partial charge in [-0.25, -0.2) is 0 Å². The van der Waals surface area contributed by atoms with Crippen molar-refractivity contribution in [3.63, 3.8) is 0 Å². The van der Waals surface area contributed by atoms with E-state index in [1.807, 2.05) is 14.1 Å². The van der Waals surface area contributed by atoms with E-state index < -0.39 is 0 Å². The third-order valence-electron chi connectivity index (χ3n) is 2.32. The first-order valence-corrected chi connectivity index (χ1v) is 5.53. The first-order chi connectivity index (χ1) is 8.17. The average Bonchev–Trinajstić information content (AvgIpc) is 2.34. The minimum Gasteiger partial charge on any atom is -0.497 e. The summed E-state index contributed by atoms with van der Waals surface area (Å²) in [5.41, 5.74) is 0.538. The lowest BCUT2D eigenvalue weighted by Crippen LogP contribution is -2.15. The third-order valence-corrected chi connectivity index (χ3v) is 2.32. The molecule has 0 N–H and O–H groups in total. The van der Waals surface area contributed by atoms with Crippen LogP contribution in [0.3, 0.4) is 0 Å². The van der Waals surface area contributed by atoms with Gasteiger partial charge in [0.05, 0.1) is 19.3 Å². The Morgan fingerprint density at radius 1 is 1.35 bits per heavy atom. The molecule has 1 rings (SSSR count). The molecule has 0 saturated heterocycles. The van der Waals surface area contributed by atoms with Crippen molar-refractivity contribution >= 4 is 0 Å². The molecule has 1 aromatic rings. The molecule has 0 amide bonds. The molecule has 0 aromatic heterocycles. The normalized spacial score (nSPS) is 10.1. The number of hydrogen-bond acceptors (Lipinski definition) is 4. The zero-order valence-electron chi connectivity index (χ0n) is 10.6. The number of methoxy groups -OCH3 is 1. The highest BCUT2D eigenvalue weighted by atomic mass is 16.5. The zero-order chi connectivity index (χ0) is 12.7. The lowest BCUT2D eigenvalue weighted by molar-refractivity contribution is 0.279. The van der Waals surface area contributed by atoms with Gasteiger partial charge in [0.1, 0.15) is 17.6 Å². The van der Waals surface area contributed by atoms with Crippen molar-refractivity contribution in [1.29, 1.82) is 5.26 Å². The second kappa shape index (κ2) is 6.77. The SMILES string of the molecule is COc1ccc(C#N)c(OCCCN(C)C)c1. The first-order valence-electron chi connectivity index (χ1n) is 5.53. The van der Waals surface area contributed by atoms with Gasteiger partial charge in [0, 0.05) is 12.6 Å². The van der Waals surface area contributed by atoms with E-state index in [4.69, 9.17) is 14.7 Å². The predicted molar refractivity (Wildman–Crippen MR) is 66.4 cm³/mol. The van der Waals surface area contributed by atoms with Crippen molar-refractivity contribution in [2.75, 3.05) is 34.4 Å². The largest absolute Gasteiger partial charge is 0.497 e. The van der Waals surface area contributed by atoms with Gasteiger partial charge in [-0.05, 0) is 32.6 Å². The van der Waals surface area contributed by atoms with Gasteiger partial charge < -0.3 is 14.4 Å². The van der Waals surface area contributed by atoms with Crippen LogP contribution in [0.4, 0.5) is 0 Å². The van der Waals surface area contributed by atoms with E-state index in [9.17, 15) is 0 Å². The summed E-state index contributed by atoms with van der Waals surface area (Å²) in [4.78, 5) is 2.10. The standard InChI is InChI=1S/C13H18N2O2/c1-15(2)7-4-8-17-13-9-12(16-3)6-5-11(13)10-14/h5-6,9H,4,7-8H2,1-3H3. The topological polar surface area (TPSA) is 45.5 Å². The highest BCUT2D eigenvalue weighted by Gasteiger charge is 2.05. The molecule has 0 bridgehead atoms. The summed E-state index contributed by atoms with van der Waals surface area (Å²) in [6.45, 7) is 1.56. The van der Waals surface area contributed by atoms with Crippen molar-refractivity contribution in [1.82, 2.24) is 4.90 Å². The molecular formula is C13H18N2O2. The van der Waals surface area contributed by atoms with Crippen LogP contribution in [0, 0.1) is 11.3 Å². The van der Waals surface area contributed by atoms with Gasteiger partial charge in [0.25, 0.3) is 0 Å². The fourth-order valence-corrected chi connectivity index (χ4v) is 1.40. The van der Waals surface area contributed by atoms with Gasteiger partial charge in [-0.15, -0.1) is 0 Å². The Bertz CT molecular complexity index is 397. The molecule has 92 valence electrons. The number of rotatable bonds is 6. The maximum atomic E-state index is 8.95. The van der Waals surface area contributed by atoms with Gasteiger partial charge in [0.2, 0.25) is 0 Å². The molecule has 0 aliphatic heterocycles. The van der Waals surface area contributed by atoms with Crippen molar-refractivity contribution in [2.24, 2.45) is 0 Å². The van der Waals surface area contributed by atoms with E-state index in [1.54, 1.807) is 25.3 Å². The summed E-state index contributed by atoms with van der Waals surface area (Å²) in [7, 11) is 5.63. The minimum atomic E-state index is 0.538. The Morgan fingerprint density at radius 2 is 2.12 bits per heavy atom. The quantitative estimate of drug-likeness (QED) is 0.705. The Balaban J connectivity index is 2.59. The van der Waals surface area contributed by atoms with Crippen LogP contribution in [0.1, 0.15) is 12.0 Å². The van der Waals surface area contributed by atoms with Gasteiger partial charge in [0.15, 0.2) is 0 Å². The highest BCUT2D eigenvalue weighted by Crippen LogP contribution is 2.24. The summed E-state index contributed by atoms with van der Waals surface area (Å²) < 4.78 is 10.7. The van der Waals surface area contributed by atoms with Crippen molar-refractivity contribution in [3.8, 4) is 17.6 Å². The summed E-state index contributed by atoms with van der Waals surface area (Å²) in [6, 6.07) is 7.31. The van der Waals surface area contributed by atoms with E-state index >= 15 is 0 Å². The zero-order valence-corrected chi connectivity index (χ0v) is 10.6. The molecule has 17 heavy (non-hydrogen) atoms. The highest BCUT2D eigenvalue weighted by molar-refractivity contribution is 5.47. The number of nitriles is 1. The summed E-state index contributed by atoms with van der Waals surface area (Å²) in [6.07, 6.45) is 0.926. The van der Waals surface area contributed by atoms with E-state index in [0.717, 1.165) is 13.0 Å². The van der Waals surface area contributed by atoms with E-state index in [1.165, 1.54) is 0 Å². The smallest absolute Gasteiger partial charge is 0.140 e. The lowest BCUT2D eigenvalue weighted by atomic mass is 10.2. The number of nitrogens with zero attached hydrogens (tertiary/aromatic N) is 2. The average molecular weight is 234 g/mol. The van der Waals surface area contributed by atoms with Crippen LogP contribution in [0.25, 0.3) is 0 Å². The molecule has 0 aliphatic rings. The predicted octanol–water partition coefficient (Wildman–Crippen LogP) is 1.90. The molecule has 0 fully saturated rings. The summed E-state index contributed by atoms with van der Waals surface area (Å²) in [5.74, 6) is 1.29. The Morgan fingerprint density at radius 3 is 2.71 bits per heavy atom. The molecular weight excluding hydrogens is 216 g/mol. The van der Waals surface area contributed by atoms with Crippen LogP contribution in [-0.2, 0) is 0 Å². The molecule has 0 heterocycles. The van der Waals surface area contributed by atoms with Crippen LogP contribution >= 0.6 is 0 Å². The third kappa shape index (κ3) is 4.33. The Hall–Kier alpha value is -1.73. The van der Waals surface area contributed by atoms with Gasteiger partial charge in [-0.3, -0.25) is 0 Å². The molecule has 0 aliphatic carbocycles. The molecule has 0 atom stereocenters. The van der Waals surface area contributed by atoms with Crippen molar-refractivity contribution in [2.45, 2.75) is 6.42 Å². The van der Waals surface area contributed by atoms with E-state index in [2.05, 4.69) is 11.0 Å². The fourth-order valence-electron chi connectivity index (χ4n) is 1.40. The van der Waals surface area contributed by atoms with Crippen molar-refractivity contribution < 1.29 is 9.47 Å². The molecule has 0 unspecified atom stereocenters. The Labute approximate surface area is 102 Å². The van der Waals surface area contributed by atoms with Gasteiger partial charge >= 0.3 is 0 Å². The van der Waals surface area contributed by atoms with Crippen LogP contribution in [-0.4, -0.2) is 39.3 Å². The van der Waals surface area contributed by atoms with Crippen LogP contribution in [0.15, 0.2) is 18.2 Å². The second-order valence-corrected chi connectivity index (χ2v) is 3.98. The molecule has 0 radical (unpaired) electrons. The molecule has 4 heteroatoms. The Kier molecular flexibility index (Phi) is 5.31. The molecule has 4 nitrogen and oxygen atoms in total. The number of benzene rings is 1. The minimum absolute atomic E-state index is 0.538. The molecule has 0 saturated carbocycles. The van der Waals surface area contributed by atoms with Crippen LogP contribution in [0.2, 0.25) is 0 Å². The maximum absolute atomic E-state index is 8.95. The molecule has 0 spiro atoms. The number of hydrogen-bond donors (Lipinski definition) is 0. The van der Waals surface area contributed by atoms with Crippen molar-refractivity contribution in [3.05, 3.63) is 23.8 Å². The lowest BCUT2D eigenvalue weighted by Gasteiger charge is -2.11. The summed E-state index contributed by atoms with van der Waals surface area (Å²) >= 11 is 0. The van der Waals surface area contributed by atoms with Crippen LogP contribution in [0.5, 0.6) is 11.5 Å². The first kappa shape index (κ1) is 13.3. The summed E-state index contributed by atoms with van der Waals surface area (Å²) in [5, 5.41) is 8.95. The van der Waals surface area contributed by atoms with E-state index in [0.29, 0.717) is 23.7 Å². The van der Waals surface area contributed by atoms with Gasteiger partial charge in [-0.1, -0.05) is 0 Å². The van der Waals surface area contributed by atoms with Gasteiger partial charge in [-0.2, -0.15) is 5.26 Å². The number of ether oxygens (including phenoxy) is 2. The second-order valence-electron chi connectivity index (χ2n) is 3.98. The molecule has 1 aromatic carbocycles. The van der Waals surface area contributed by atoms with E-state index in [-0.39, 0.29) is 0 Å². The maximum Gasteiger partial charge on any atom is 0.140 e. The monoisotopic (exact) mass is 234 g/mol. The van der Waals surface area contributed by atoms with Crippen LogP contribution < -0.4 is 9.47 Å².